The molecule has 0 radical (unpaired) electrons. The van der Waals surface area contributed by atoms with Crippen molar-refractivity contribution in [1.29, 1.82) is 0 Å². The maximum absolute atomic E-state index is 12.7. The number of carboxylic acid groups (broad SMARTS) is 1. The second-order valence-corrected chi connectivity index (χ2v) is 8.14. The summed E-state index contributed by atoms with van der Waals surface area (Å²) in [6.45, 7) is 1.93. The summed E-state index contributed by atoms with van der Waals surface area (Å²) in [6, 6.07) is 18.7. The molecule has 0 aliphatic carbocycles. The number of carboxylic acids is 1. The molecule has 1 heterocycles. The van der Waals surface area contributed by atoms with Gasteiger partial charge in [-0.15, -0.1) is 16.1 Å². The molecule has 3 rings (SSSR count). The highest BCUT2D eigenvalue weighted by molar-refractivity contribution is 7.89. The van der Waals surface area contributed by atoms with Crippen molar-refractivity contribution in [2.45, 2.75) is 24.3 Å². The van der Waals surface area contributed by atoms with Gasteiger partial charge < -0.3 is 9.66 Å². The van der Waals surface area contributed by atoms with Crippen LogP contribution in [0.3, 0.4) is 0 Å². The Bertz CT molecular complexity index is 880. The van der Waals surface area contributed by atoms with E-state index in [-0.39, 0.29) is 6.42 Å². The van der Waals surface area contributed by atoms with Crippen molar-refractivity contribution in [3.63, 3.8) is 0 Å². The van der Waals surface area contributed by atoms with Gasteiger partial charge in [-0.05, 0) is 47.2 Å². The fraction of sp³-hybridized carbons (Fsp3) is 0.150. The lowest BCUT2D eigenvalue weighted by Crippen LogP contribution is -2.29. The molecular formula is C20H19NO3S2. The zero-order chi connectivity index (χ0) is 18.5. The van der Waals surface area contributed by atoms with E-state index < -0.39 is 23.4 Å². The van der Waals surface area contributed by atoms with Crippen LogP contribution in [0.4, 0.5) is 0 Å². The van der Waals surface area contributed by atoms with Gasteiger partial charge in [0, 0.05) is 4.88 Å². The van der Waals surface area contributed by atoms with Crippen molar-refractivity contribution in [2.24, 2.45) is 0 Å². The van der Waals surface area contributed by atoms with Crippen molar-refractivity contribution >= 4 is 28.7 Å². The topological polar surface area (TPSA) is 72.4 Å². The normalized spacial score (nSPS) is 13.3. The fourth-order valence-electron chi connectivity index (χ4n) is 2.62. The van der Waals surface area contributed by atoms with Crippen molar-refractivity contribution in [1.82, 2.24) is 4.72 Å². The highest BCUT2D eigenvalue weighted by Gasteiger charge is 2.24. The number of thiophene rings is 1. The molecule has 134 valence electrons. The Hall–Kier alpha value is -2.12. The van der Waals surface area contributed by atoms with E-state index in [1.54, 1.807) is 6.07 Å². The van der Waals surface area contributed by atoms with Gasteiger partial charge in [-0.3, -0.25) is 4.79 Å². The Morgan fingerprint density at radius 3 is 2.62 bits per heavy atom. The van der Waals surface area contributed by atoms with E-state index in [1.165, 1.54) is 11.3 Å². The van der Waals surface area contributed by atoms with E-state index in [9.17, 15) is 14.5 Å². The van der Waals surface area contributed by atoms with Crippen molar-refractivity contribution in [2.75, 3.05) is 0 Å². The van der Waals surface area contributed by atoms with E-state index in [0.29, 0.717) is 4.90 Å². The smallest absolute Gasteiger partial charge is 0.305 e. The predicted octanol–water partition coefficient (Wildman–Crippen LogP) is 4.55. The van der Waals surface area contributed by atoms with E-state index in [1.807, 2.05) is 66.9 Å². The molecule has 0 aliphatic rings. The molecule has 0 saturated carbocycles. The summed E-state index contributed by atoms with van der Waals surface area (Å²) in [6.07, 6.45) is -0.133. The van der Waals surface area contributed by atoms with Crippen LogP contribution in [0.5, 0.6) is 0 Å². The molecule has 4 nitrogen and oxygen atoms in total. The molecule has 6 heteroatoms. The summed E-state index contributed by atoms with van der Waals surface area (Å²) in [7, 11) is 0. The average Bonchev–Trinajstić information content (AvgIpc) is 3.11. The van der Waals surface area contributed by atoms with Crippen LogP contribution in [-0.4, -0.2) is 15.6 Å². The molecule has 1 aromatic heterocycles. The van der Waals surface area contributed by atoms with E-state index in [0.717, 1.165) is 21.6 Å². The van der Waals surface area contributed by atoms with Gasteiger partial charge in [0.25, 0.3) is 0 Å². The number of rotatable bonds is 7. The summed E-state index contributed by atoms with van der Waals surface area (Å²) in [5, 5.41) is 11.3. The van der Waals surface area contributed by atoms with Gasteiger partial charge in [-0.25, -0.2) is 0 Å². The maximum atomic E-state index is 12.7. The van der Waals surface area contributed by atoms with E-state index in [2.05, 4.69) is 4.72 Å². The summed E-state index contributed by atoms with van der Waals surface area (Å²) in [4.78, 5) is 12.8. The average molecular weight is 386 g/mol. The molecular weight excluding hydrogens is 366 g/mol. The van der Waals surface area contributed by atoms with Crippen LogP contribution < -0.4 is 4.72 Å². The quantitative estimate of drug-likeness (QED) is 0.585. The number of aliphatic carboxylic acids is 1. The lowest BCUT2D eigenvalue weighted by atomic mass is 10.1. The van der Waals surface area contributed by atoms with Crippen LogP contribution in [0.15, 0.2) is 70.9 Å². The molecule has 0 fully saturated rings. The Balaban J connectivity index is 1.82. The third-order valence-corrected chi connectivity index (χ3v) is 6.13. The number of hydrogen-bond acceptors (Lipinski definition) is 4. The van der Waals surface area contributed by atoms with Gasteiger partial charge in [0.15, 0.2) is 4.90 Å². The van der Waals surface area contributed by atoms with Crippen molar-refractivity contribution in [3.05, 3.63) is 76.5 Å². The van der Waals surface area contributed by atoms with Crippen molar-refractivity contribution in [3.8, 4) is 11.1 Å². The number of carbonyl (C=O) groups is 1. The SMILES string of the molecule is Cc1cccc([S+]([O-])NC(CC(=O)O)c2cc(-c3ccccc3)cs2)c1. The first kappa shape index (κ1) is 18.7. The Morgan fingerprint density at radius 1 is 1.15 bits per heavy atom. The minimum Gasteiger partial charge on any atom is -0.593 e. The molecule has 0 saturated heterocycles. The largest absolute Gasteiger partial charge is 0.593 e. The summed E-state index contributed by atoms with van der Waals surface area (Å²) < 4.78 is 15.6. The van der Waals surface area contributed by atoms with Crippen LogP contribution in [0.1, 0.15) is 22.9 Å². The van der Waals surface area contributed by atoms with Gasteiger partial charge in [0.05, 0.1) is 23.8 Å². The van der Waals surface area contributed by atoms with E-state index >= 15 is 0 Å². The number of benzene rings is 2. The van der Waals surface area contributed by atoms with Crippen LogP contribution >= 0.6 is 11.3 Å². The second kappa shape index (κ2) is 8.51. The molecule has 0 bridgehead atoms. The fourth-order valence-corrected chi connectivity index (χ4v) is 4.76. The first-order chi connectivity index (χ1) is 12.5. The standard InChI is InChI=1S/C20H19NO3S2/c1-14-6-5-9-17(10-14)26(24)21-18(12-20(22)23)19-11-16(13-25-19)15-7-3-2-4-8-15/h2-11,13,18,21H,12H2,1H3,(H,22,23). The predicted molar refractivity (Wildman–Crippen MR) is 105 cm³/mol. The molecule has 0 amide bonds. The zero-order valence-electron chi connectivity index (χ0n) is 14.2. The molecule has 2 atom stereocenters. The lowest BCUT2D eigenvalue weighted by Gasteiger charge is -2.18. The van der Waals surface area contributed by atoms with Crippen molar-refractivity contribution < 1.29 is 14.5 Å². The Morgan fingerprint density at radius 2 is 1.92 bits per heavy atom. The monoisotopic (exact) mass is 385 g/mol. The third-order valence-electron chi connectivity index (χ3n) is 3.90. The molecule has 2 aromatic carbocycles. The maximum Gasteiger partial charge on any atom is 0.305 e. The minimum absolute atomic E-state index is 0.133. The van der Waals surface area contributed by atoms with Gasteiger partial charge in [0.1, 0.15) is 0 Å². The summed E-state index contributed by atoms with van der Waals surface area (Å²) >= 11 is -0.00804. The minimum atomic E-state index is -1.48. The molecule has 2 N–H and O–H groups in total. The number of hydrogen-bond donors (Lipinski definition) is 2. The molecule has 3 aromatic rings. The van der Waals surface area contributed by atoms with Crippen LogP contribution in [0.25, 0.3) is 11.1 Å². The zero-order valence-corrected chi connectivity index (χ0v) is 15.8. The highest BCUT2D eigenvalue weighted by Crippen LogP contribution is 2.31. The van der Waals surface area contributed by atoms with Gasteiger partial charge in [-0.1, -0.05) is 42.5 Å². The number of nitrogens with one attached hydrogen (secondary N) is 1. The lowest BCUT2D eigenvalue weighted by molar-refractivity contribution is -0.137. The van der Waals surface area contributed by atoms with Crippen LogP contribution in [-0.2, 0) is 16.2 Å². The number of aryl methyl sites for hydroxylation is 1. The molecule has 0 spiro atoms. The second-order valence-electron chi connectivity index (χ2n) is 5.96. The molecule has 26 heavy (non-hydrogen) atoms. The first-order valence-electron chi connectivity index (χ1n) is 8.13. The Kier molecular flexibility index (Phi) is 6.11. The summed E-state index contributed by atoms with van der Waals surface area (Å²) in [5.41, 5.74) is 3.11. The van der Waals surface area contributed by atoms with E-state index in [4.69, 9.17) is 0 Å². The third kappa shape index (κ3) is 4.74. The van der Waals surface area contributed by atoms with Crippen LogP contribution in [0.2, 0.25) is 0 Å². The first-order valence-corrected chi connectivity index (χ1v) is 10.2. The van der Waals surface area contributed by atoms with Gasteiger partial charge >= 0.3 is 5.97 Å². The van der Waals surface area contributed by atoms with Gasteiger partial charge in [-0.2, -0.15) is 0 Å². The van der Waals surface area contributed by atoms with Gasteiger partial charge in [0.2, 0.25) is 0 Å². The van der Waals surface area contributed by atoms with Crippen LogP contribution in [0, 0.1) is 6.92 Å². The molecule has 0 aliphatic heterocycles. The molecule has 2 unspecified atom stereocenters. The summed E-state index contributed by atoms with van der Waals surface area (Å²) in [5.74, 6) is -0.932. The highest BCUT2D eigenvalue weighted by atomic mass is 32.2. The Labute approximate surface area is 159 Å².